The van der Waals surface area contributed by atoms with Crippen molar-refractivity contribution in [3.05, 3.63) is 149 Å². The van der Waals surface area contributed by atoms with Crippen molar-refractivity contribution in [2.24, 2.45) is 0 Å². The SMILES string of the molecule is Cc1cc2c(cc1N1B3c4c(cc5ccccc5c4-n4c5ccccc5c5cccc3c54)-c3cc4c(cc31)C(C)(C)c1ccccc1-4)C(C)(C)CCC2(C)C. The van der Waals surface area contributed by atoms with Gasteiger partial charge in [0.15, 0.2) is 0 Å². The predicted octanol–water partition coefficient (Wildman–Crippen LogP) is 12.1. The lowest BCUT2D eigenvalue weighted by Crippen LogP contribution is -2.61. The van der Waals surface area contributed by atoms with Gasteiger partial charge in [0.25, 0.3) is 0 Å². The van der Waals surface area contributed by atoms with Gasteiger partial charge in [0.1, 0.15) is 0 Å². The van der Waals surface area contributed by atoms with E-state index < -0.39 is 0 Å². The van der Waals surface area contributed by atoms with Crippen LogP contribution in [0.3, 0.4) is 0 Å². The molecule has 0 N–H and O–H groups in total. The van der Waals surface area contributed by atoms with Crippen LogP contribution in [0.15, 0.2) is 121 Å². The Morgan fingerprint density at radius 3 is 2.02 bits per heavy atom. The van der Waals surface area contributed by atoms with Crippen LogP contribution in [0.1, 0.15) is 82.2 Å². The smallest absolute Gasteiger partial charge is 0.333 e. The van der Waals surface area contributed by atoms with Crippen molar-refractivity contribution in [2.75, 3.05) is 4.81 Å². The van der Waals surface area contributed by atoms with Crippen molar-refractivity contribution >= 4 is 61.7 Å². The number of hydrogen-bond donors (Lipinski definition) is 0. The Morgan fingerprint density at radius 2 is 1.20 bits per heavy atom. The summed E-state index contributed by atoms with van der Waals surface area (Å²) >= 11 is 0. The molecule has 8 aromatic rings. The van der Waals surface area contributed by atoms with Crippen LogP contribution < -0.4 is 15.7 Å². The van der Waals surface area contributed by atoms with Crippen LogP contribution in [-0.2, 0) is 16.2 Å². The highest BCUT2D eigenvalue weighted by Gasteiger charge is 2.47. The number of para-hydroxylation sites is 2. The Labute approximate surface area is 324 Å². The van der Waals surface area contributed by atoms with Crippen LogP contribution in [0.5, 0.6) is 0 Å². The second-order valence-corrected chi connectivity index (χ2v) is 18.8. The number of aryl methyl sites for hydroxylation is 1. The van der Waals surface area contributed by atoms with E-state index in [9.17, 15) is 0 Å². The van der Waals surface area contributed by atoms with E-state index in [1.807, 2.05) is 0 Å². The minimum Gasteiger partial charge on any atom is -0.376 e. The number of aromatic nitrogens is 1. The van der Waals surface area contributed by atoms with Crippen LogP contribution in [0.4, 0.5) is 11.4 Å². The van der Waals surface area contributed by atoms with E-state index in [4.69, 9.17) is 0 Å². The van der Waals surface area contributed by atoms with Gasteiger partial charge < -0.3 is 9.38 Å². The monoisotopic (exact) mass is 708 g/mol. The molecule has 2 nitrogen and oxygen atoms in total. The van der Waals surface area contributed by atoms with Crippen LogP contribution in [0.2, 0.25) is 0 Å². The molecular weight excluding hydrogens is 663 g/mol. The standard InChI is InChI=1S/C52H45BN2/c1-30-25-41-42(51(4,5)24-23-50(41,2)3)29-45(30)55-46-28-40-36(33-17-10-12-20-39(33)52(40,6)7)27-37(46)38-26-31-15-8-9-16-32(31)49-47(38)53(55)43-21-14-19-35-34-18-11-13-22-44(34)54(49)48(35)43/h8-22,25-29H,23-24H2,1-7H3. The molecule has 0 amide bonds. The first kappa shape index (κ1) is 31.8. The molecule has 3 heteroatoms. The van der Waals surface area contributed by atoms with Crippen LogP contribution >= 0.6 is 0 Å². The minimum absolute atomic E-state index is 0.0102. The third kappa shape index (κ3) is 3.87. The third-order valence-electron chi connectivity index (χ3n) is 14.5. The average Bonchev–Trinajstić information content (AvgIpc) is 3.63. The summed E-state index contributed by atoms with van der Waals surface area (Å²) in [5.74, 6) is 0. The van der Waals surface area contributed by atoms with Crippen molar-refractivity contribution in [2.45, 2.75) is 77.6 Å². The van der Waals surface area contributed by atoms with Crippen molar-refractivity contribution in [3.63, 3.8) is 0 Å². The van der Waals surface area contributed by atoms with Crippen molar-refractivity contribution in [3.8, 4) is 27.9 Å². The van der Waals surface area contributed by atoms with Gasteiger partial charge in [-0.05, 0) is 122 Å². The Bertz CT molecular complexity index is 3050. The highest BCUT2D eigenvalue weighted by atomic mass is 15.1. The number of anilines is 2. The summed E-state index contributed by atoms with van der Waals surface area (Å²) in [6, 6.07) is 47.2. The molecule has 55 heavy (non-hydrogen) atoms. The quantitative estimate of drug-likeness (QED) is 0.154. The lowest BCUT2D eigenvalue weighted by atomic mass is 9.43. The maximum Gasteiger partial charge on any atom is 0.333 e. The summed E-state index contributed by atoms with van der Waals surface area (Å²) in [4.78, 5) is 2.79. The maximum absolute atomic E-state index is 2.79. The normalized spacial score (nSPS) is 17.6. The molecule has 0 saturated carbocycles. The van der Waals surface area contributed by atoms with E-state index in [0.29, 0.717) is 0 Å². The molecule has 266 valence electrons. The summed E-state index contributed by atoms with van der Waals surface area (Å²) in [6.45, 7) is 17.0. The highest BCUT2D eigenvalue weighted by Crippen LogP contribution is 2.56. The molecule has 0 radical (unpaired) electrons. The number of benzene rings is 7. The van der Waals surface area contributed by atoms with Crippen molar-refractivity contribution in [1.29, 1.82) is 0 Å². The number of fused-ring (bicyclic) bond motifs is 13. The average molecular weight is 709 g/mol. The van der Waals surface area contributed by atoms with Crippen LogP contribution in [0, 0.1) is 6.92 Å². The zero-order chi connectivity index (χ0) is 37.3. The molecule has 0 fully saturated rings. The second-order valence-electron chi connectivity index (χ2n) is 18.8. The molecular formula is C52H45BN2. The Morgan fingerprint density at radius 1 is 0.527 bits per heavy atom. The van der Waals surface area contributed by atoms with Gasteiger partial charge in [-0.1, -0.05) is 133 Å². The Hall–Kier alpha value is -5.54. The van der Waals surface area contributed by atoms with Gasteiger partial charge in [-0.2, -0.15) is 0 Å². The van der Waals surface area contributed by atoms with E-state index >= 15 is 0 Å². The molecule has 3 heterocycles. The third-order valence-corrected chi connectivity index (χ3v) is 14.5. The molecule has 2 aliphatic heterocycles. The van der Waals surface area contributed by atoms with Crippen molar-refractivity contribution < 1.29 is 0 Å². The molecule has 4 aliphatic rings. The van der Waals surface area contributed by atoms with E-state index in [1.54, 1.807) is 0 Å². The van der Waals surface area contributed by atoms with Crippen LogP contribution in [-0.4, -0.2) is 11.4 Å². The van der Waals surface area contributed by atoms with Gasteiger partial charge in [0.05, 0.1) is 16.7 Å². The van der Waals surface area contributed by atoms with Crippen molar-refractivity contribution in [1.82, 2.24) is 4.57 Å². The van der Waals surface area contributed by atoms with Gasteiger partial charge >= 0.3 is 6.85 Å². The first-order chi connectivity index (χ1) is 26.5. The first-order valence-corrected chi connectivity index (χ1v) is 20.3. The largest absolute Gasteiger partial charge is 0.376 e. The summed E-state index contributed by atoms with van der Waals surface area (Å²) < 4.78 is 2.62. The van der Waals surface area contributed by atoms with E-state index in [-0.39, 0.29) is 23.1 Å². The molecule has 0 bridgehead atoms. The van der Waals surface area contributed by atoms with Gasteiger partial charge in [0, 0.05) is 38.5 Å². The molecule has 7 aromatic carbocycles. The molecule has 0 saturated heterocycles. The summed E-state index contributed by atoms with van der Waals surface area (Å²) in [7, 11) is 0. The minimum atomic E-state index is -0.114. The first-order valence-electron chi connectivity index (χ1n) is 20.3. The topological polar surface area (TPSA) is 8.17 Å². The van der Waals surface area contributed by atoms with Gasteiger partial charge in [0.2, 0.25) is 0 Å². The van der Waals surface area contributed by atoms with E-state index in [0.717, 1.165) is 0 Å². The fourth-order valence-electron chi connectivity index (χ4n) is 11.5. The lowest BCUT2D eigenvalue weighted by molar-refractivity contribution is 0.332. The van der Waals surface area contributed by atoms with Gasteiger partial charge in [-0.3, -0.25) is 0 Å². The predicted molar refractivity (Wildman–Crippen MR) is 235 cm³/mol. The molecule has 12 rings (SSSR count). The molecule has 1 aromatic heterocycles. The molecule has 0 atom stereocenters. The highest BCUT2D eigenvalue weighted by molar-refractivity contribution is 6.94. The van der Waals surface area contributed by atoms with E-state index in [2.05, 4.69) is 179 Å². The summed E-state index contributed by atoms with van der Waals surface area (Å²) in [5, 5.41) is 5.24. The molecule has 0 unspecified atom stereocenters. The Balaban J connectivity index is 1.28. The maximum atomic E-state index is 2.79. The second kappa shape index (κ2) is 10.2. The van der Waals surface area contributed by atoms with Gasteiger partial charge in [-0.25, -0.2) is 0 Å². The number of nitrogens with zero attached hydrogens (tertiary/aromatic N) is 2. The van der Waals surface area contributed by atoms with Gasteiger partial charge in [-0.15, -0.1) is 0 Å². The number of rotatable bonds is 1. The van der Waals surface area contributed by atoms with Crippen LogP contribution in [0.25, 0.3) is 60.5 Å². The summed E-state index contributed by atoms with van der Waals surface area (Å²) in [5.41, 5.74) is 22.1. The summed E-state index contributed by atoms with van der Waals surface area (Å²) in [6.07, 6.45) is 2.40. The fraction of sp³-hybridized carbons (Fsp3) is 0.231. The Kier molecular flexibility index (Phi) is 5.89. The fourth-order valence-corrected chi connectivity index (χ4v) is 11.5. The molecule has 2 aliphatic carbocycles. The number of hydrogen-bond acceptors (Lipinski definition) is 1. The zero-order valence-electron chi connectivity index (χ0n) is 32.9. The lowest BCUT2D eigenvalue weighted by Gasteiger charge is -2.46. The van der Waals surface area contributed by atoms with E-state index in [1.165, 1.54) is 123 Å². The molecule has 0 spiro atoms. The zero-order valence-corrected chi connectivity index (χ0v) is 32.9.